The van der Waals surface area contributed by atoms with E-state index in [1.807, 2.05) is 0 Å². The smallest absolute Gasteiger partial charge is 0.0486 e. The molecule has 18 heavy (non-hydrogen) atoms. The number of fused-ring (bicyclic) bond motifs is 1. The van der Waals surface area contributed by atoms with E-state index < -0.39 is 0 Å². The number of benzene rings is 1. The van der Waals surface area contributed by atoms with E-state index in [9.17, 15) is 0 Å². The van der Waals surface area contributed by atoms with Crippen LogP contribution >= 0.6 is 0 Å². The lowest BCUT2D eigenvalue weighted by molar-refractivity contribution is 0.417. The van der Waals surface area contributed by atoms with Crippen LogP contribution in [0, 0.1) is 13.8 Å². The maximum Gasteiger partial charge on any atom is 0.0486 e. The van der Waals surface area contributed by atoms with Crippen LogP contribution in [0.1, 0.15) is 16.7 Å². The van der Waals surface area contributed by atoms with Crippen LogP contribution in [-0.4, -0.2) is 30.7 Å². The second-order valence-corrected chi connectivity index (χ2v) is 5.38. The van der Waals surface area contributed by atoms with Crippen LogP contribution in [0.2, 0.25) is 0 Å². The molecule has 1 aliphatic heterocycles. The molecule has 96 valence electrons. The Morgan fingerprint density at radius 3 is 2.89 bits per heavy atom. The lowest BCUT2D eigenvalue weighted by Gasteiger charge is -2.24. The monoisotopic (exact) mass is 243 g/mol. The minimum Gasteiger partial charge on any atom is -0.361 e. The molecular weight excluding hydrogens is 222 g/mol. The molecular formula is C15H21N3. The number of aromatic nitrogens is 1. The van der Waals surface area contributed by atoms with Gasteiger partial charge in [0.15, 0.2) is 0 Å². The molecule has 1 unspecified atom stereocenters. The summed E-state index contributed by atoms with van der Waals surface area (Å²) < 4.78 is 0. The Labute approximate surface area is 108 Å². The van der Waals surface area contributed by atoms with Gasteiger partial charge in [-0.2, -0.15) is 0 Å². The number of rotatable bonds is 2. The molecule has 1 aliphatic rings. The molecule has 1 aromatic carbocycles. The zero-order chi connectivity index (χ0) is 12.5. The Morgan fingerprint density at radius 1 is 1.22 bits per heavy atom. The number of hydrogen-bond donors (Lipinski definition) is 3. The van der Waals surface area contributed by atoms with Gasteiger partial charge in [-0.1, -0.05) is 11.6 Å². The fourth-order valence-corrected chi connectivity index (χ4v) is 2.94. The van der Waals surface area contributed by atoms with Gasteiger partial charge in [0.1, 0.15) is 0 Å². The topological polar surface area (TPSA) is 39.9 Å². The summed E-state index contributed by atoms with van der Waals surface area (Å²) in [6, 6.07) is 5.09. The second kappa shape index (κ2) is 4.75. The molecule has 1 aromatic heterocycles. The highest BCUT2D eigenvalue weighted by atomic mass is 15.0. The van der Waals surface area contributed by atoms with Crippen LogP contribution in [0.5, 0.6) is 0 Å². The van der Waals surface area contributed by atoms with Crippen molar-refractivity contribution in [1.82, 2.24) is 15.6 Å². The van der Waals surface area contributed by atoms with Crippen molar-refractivity contribution in [2.24, 2.45) is 0 Å². The summed E-state index contributed by atoms with van der Waals surface area (Å²) in [6.45, 7) is 7.57. The summed E-state index contributed by atoms with van der Waals surface area (Å²) in [5.41, 5.74) is 5.40. The van der Waals surface area contributed by atoms with E-state index in [0.717, 1.165) is 26.1 Å². The van der Waals surface area contributed by atoms with E-state index in [2.05, 4.69) is 47.8 Å². The molecule has 0 bridgehead atoms. The number of nitrogens with one attached hydrogen (secondary N) is 3. The van der Waals surface area contributed by atoms with Gasteiger partial charge in [-0.15, -0.1) is 0 Å². The molecule has 0 radical (unpaired) electrons. The number of H-pyrrole nitrogens is 1. The predicted octanol–water partition coefficient (Wildman–Crippen LogP) is 1.89. The van der Waals surface area contributed by atoms with Crippen molar-refractivity contribution in [2.75, 3.05) is 19.6 Å². The maximum absolute atomic E-state index is 3.57. The molecule has 1 saturated heterocycles. The van der Waals surface area contributed by atoms with E-state index in [-0.39, 0.29) is 0 Å². The number of aromatic amines is 1. The third-order valence-corrected chi connectivity index (χ3v) is 3.81. The fourth-order valence-electron chi connectivity index (χ4n) is 2.94. The number of hydrogen-bond acceptors (Lipinski definition) is 2. The quantitative estimate of drug-likeness (QED) is 0.754. The standard InChI is InChI=1S/C15H21N3/c1-10-5-11(2)15-14(6-10)12(8-18-15)7-13-9-16-3-4-17-13/h5-6,8,13,16-18H,3-4,7,9H2,1-2H3. The third-order valence-electron chi connectivity index (χ3n) is 3.81. The molecule has 3 heteroatoms. The average molecular weight is 243 g/mol. The number of aryl methyl sites for hydroxylation is 2. The van der Waals surface area contributed by atoms with Gasteiger partial charge in [0, 0.05) is 42.8 Å². The van der Waals surface area contributed by atoms with Crippen molar-refractivity contribution in [3.63, 3.8) is 0 Å². The molecule has 2 aromatic rings. The SMILES string of the molecule is Cc1cc(C)c2[nH]cc(CC3CNCCN3)c2c1. The van der Waals surface area contributed by atoms with Gasteiger partial charge in [-0.05, 0) is 37.5 Å². The summed E-state index contributed by atoms with van der Waals surface area (Å²) in [5.74, 6) is 0. The first-order valence-corrected chi connectivity index (χ1v) is 6.75. The van der Waals surface area contributed by atoms with Gasteiger partial charge < -0.3 is 15.6 Å². The van der Waals surface area contributed by atoms with Crippen molar-refractivity contribution in [3.8, 4) is 0 Å². The van der Waals surface area contributed by atoms with Gasteiger partial charge in [0.25, 0.3) is 0 Å². The Morgan fingerprint density at radius 2 is 2.11 bits per heavy atom. The Balaban J connectivity index is 1.92. The summed E-state index contributed by atoms with van der Waals surface area (Å²) in [7, 11) is 0. The maximum atomic E-state index is 3.57. The van der Waals surface area contributed by atoms with E-state index in [1.165, 1.54) is 27.6 Å². The second-order valence-electron chi connectivity index (χ2n) is 5.38. The van der Waals surface area contributed by atoms with Gasteiger partial charge in [0.2, 0.25) is 0 Å². The Hall–Kier alpha value is -1.32. The third kappa shape index (κ3) is 2.16. The van der Waals surface area contributed by atoms with Gasteiger partial charge in [-0.3, -0.25) is 0 Å². The highest BCUT2D eigenvalue weighted by Crippen LogP contribution is 2.24. The van der Waals surface area contributed by atoms with E-state index in [4.69, 9.17) is 0 Å². The Bertz CT molecular complexity index is 550. The molecule has 1 atom stereocenters. The Kier molecular flexibility index (Phi) is 3.10. The highest BCUT2D eigenvalue weighted by Gasteiger charge is 2.15. The molecule has 0 aliphatic carbocycles. The van der Waals surface area contributed by atoms with Crippen LogP contribution in [0.15, 0.2) is 18.3 Å². The van der Waals surface area contributed by atoms with Crippen molar-refractivity contribution in [3.05, 3.63) is 35.0 Å². The highest BCUT2D eigenvalue weighted by molar-refractivity contribution is 5.86. The molecule has 3 N–H and O–H groups in total. The van der Waals surface area contributed by atoms with Crippen LogP contribution in [0.25, 0.3) is 10.9 Å². The largest absolute Gasteiger partial charge is 0.361 e. The minimum absolute atomic E-state index is 0.554. The fraction of sp³-hybridized carbons (Fsp3) is 0.467. The first kappa shape index (κ1) is 11.8. The average Bonchev–Trinajstić information content (AvgIpc) is 2.74. The lowest BCUT2D eigenvalue weighted by atomic mass is 10.0. The molecule has 0 saturated carbocycles. The summed E-state index contributed by atoms with van der Waals surface area (Å²) in [5, 5.41) is 8.41. The predicted molar refractivity (Wildman–Crippen MR) is 76.1 cm³/mol. The zero-order valence-corrected chi connectivity index (χ0v) is 11.1. The van der Waals surface area contributed by atoms with Crippen LogP contribution in [0.3, 0.4) is 0 Å². The van der Waals surface area contributed by atoms with E-state index >= 15 is 0 Å². The lowest BCUT2D eigenvalue weighted by Crippen LogP contribution is -2.49. The summed E-state index contributed by atoms with van der Waals surface area (Å²) >= 11 is 0. The summed E-state index contributed by atoms with van der Waals surface area (Å²) in [4.78, 5) is 3.43. The molecule has 0 amide bonds. The molecule has 2 heterocycles. The minimum atomic E-state index is 0.554. The van der Waals surface area contributed by atoms with Crippen molar-refractivity contribution in [2.45, 2.75) is 26.3 Å². The van der Waals surface area contributed by atoms with Crippen molar-refractivity contribution >= 4 is 10.9 Å². The molecule has 3 nitrogen and oxygen atoms in total. The van der Waals surface area contributed by atoms with Gasteiger partial charge in [0.05, 0.1) is 0 Å². The van der Waals surface area contributed by atoms with Gasteiger partial charge in [-0.25, -0.2) is 0 Å². The number of piperazine rings is 1. The van der Waals surface area contributed by atoms with Crippen LogP contribution in [-0.2, 0) is 6.42 Å². The first-order valence-electron chi connectivity index (χ1n) is 6.75. The molecule has 0 spiro atoms. The summed E-state index contributed by atoms with van der Waals surface area (Å²) in [6.07, 6.45) is 3.27. The molecule has 1 fully saturated rings. The van der Waals surface area contributed by atoms with Crippen LogP contribution < -0.4 is 10.6 Å². The van der Waals surface area contributed by atoms with Crippen molar-refractivity contribution in [1.29, 1.82) is 0 Å². The van der Waals surface area contributed by atoms with Gasteiger partial charge >= 0.3 is 0 Å². The van der Waals surface area contributed by atoms with E-state index in [0.29, 0.717) is 6.04 Å². The zero-order valence-electron chi connectivity index (χ0n) is 11.1. The van der Waals surface area contributed by atoms with Crippen LogP contribution in [0.4, 0.5) is 0 Å². The van der Waals surface area contributed by atoms with E-state index in [1.54, 1.807) is 0 Å². The normalized spacial score (nSPS) is 20.4. The van der Waals surface area contributed by atoms with Crippen molar-refractivity contribution < 1.29 is 0 Å². The molecule has 3 rings (SSSR count). The first-order chi connectivity index (χ1) is 8.74.